The molecule has 19 heavy (non-hydrogen) atoms. The highest BCUT2D eigenvalue weighted by Crippen LogP contribution is 2.26. The third kappa shape index (κ3) is 3.16. The highest BCUT2D eigenvalue weighted by Gasteiger charge is 2.32. The van der Waals surface area contributed by atoms with Gasteiger partial charge in [0.2, 0.25) is 5.91 Å². The van der Waals surface area contributed by atoms with Crippen LogP contribution in [-0.4, -0.2) is 38.3 Å². The number of hydrogen-bond acceptors (Lipinski definition) is 4. The Labute approximate surface area is 117 Å². The number of carbonyl (C=O) groups is 1. The third-order valence-corrected chi connectivity index (χ3v) is 6.54. The minimum atomic E-state index is -3.36. The van der Waals surface area contributed by atoms with Gasteiger partial charge in [0.05, 0.1) is 0 Å². The maximum atomic E-state index is 12.3. The molecular formula is C12H18N2O3S2. The summed E-state index contributed by atoms with van der Waals surface area (Å²) in [4.78, 5) is 11.7. The van der Waals surface area contributed by atoms with Crippen molar-refractivity contribution in [1.82, 2.24) is 9.62 Å². The monoisotopic (exact) mass is 302 g/mol. The minimum absolute atomic E-state index is 0.0377. The number of hydrogen-bond donors (Lipinski definition) is 1. The molecule has 0 unspecified atom stereocenters. The Balaban J connectivity index is 1.99. The first kappa shape index (κ1) is 14.5. The zero-order valence-corrected chi connectivity index (χ0v) is 12.5. The van der Waals surface area contributed by atoms with E-state index in [1.165, 1.54) is 15.6 Å². The second kappa shape index (κ2) is 6.02. The Bertz CT molecular complexity index is 517. The highest BCUT2D eigenvalue weighted by atomic mass is 32.2. The quantitative estimate of drug-likeness (QED) is 0.911. The summed E-state index contributed by atoms with van der Waals surface area (Å²) in [7, 11) is -3.36. The Kier molecular flexibility index (Phi) is 4.59. The zero-order valence-electron chi connectivity index (χ0n) is 10.8. The van der Waals surface area contributed by atoms with Gasteiger partial charge in [0.1, 0.15) is 4.21 Å². The van der Waals surface area contributed by atoms with E-state index in [9.17, 15) is 13.2 Å². The molecule has 1 N–H and O–H groups in total. The van der Waals surface area contributed by atoms with Crippen LogP contribution in [0.3, 0.4) is 0 Å². The van der Waals surface area contributed by atoms with Gasteiger partial charge in [-0.3, -0.25) is 4.79 Å². The maximum absolute atomic E-state index is 12.3. The fourth-order valence-corrected chi connectivity index (χ4v) is 4.83. The van der Waals surface area contributed by atoms with E-state index in [1.54, 1.807) is 17.5 Å². The summed E-state index contributed by atoms with van der Waals surface area (Å²) in [5, 5.41) is 4.55. The maximum Gasteiger partial charge on any atom is 0.252 e. The van der Waals surface area contributed by atoms with E-state index >= 15 is 0 Å². The molecule has 7 heteroatoms. The van der Waals surface area contributed by atoms with Crippen LogP contribution >= 0.6 is 11.3 Å². The molecule has 0 atom stereocenters. The van der Waals surface area contributed by atoms with Gasteiger partial charge >= 0.3 is 0 Å². The van der Waals surface area contributed by atoms with Crippen molar-refractivity contribution in [1.29, 1.82) is 0 Å². The van der Waals surface area contributed by atoms with Gasteiger partial charge in [-0.25, -0.2) is 8.42 Å². The molecule has 0 spiro atoms. The summed E-state index contributed by atoms with van der Waals surface area (Å²) < 4.78 is 26.4. The van der Waals surface area contributed by atoms with Crippen LogP contribution in [0, 0.1) is 5.92 Å². The summed E-state index contributed by atoms with van der Waals surface area (Å²) in [6, 6.07) is 3.36. The lowest BCUT2D eigenvalue weighted by Crippen LogP contribution is -2.42. The van der Waals surface area contributed by atoms with E-state index in [2.05, 4.69) is 5.32 Å². The van der Waals surface area contributed by atoms with Crippen molar-refractivity contribution in [2.45, 2.75) is 24.0 Å². The molecule has 0 aromatic carbocycles. The highest BCUT2D eigenvalue weighted by molar-refractivity contribution is 7.91. The lowest BCUT2D eigenvalue weighted by Gasteiger charge is -2.30. The second-order valence-electron chi connectivity index (χ2n) is 4.51. The van der Waals surface area contributed by atoms with E-state index in [-0.39, 0.29) is 11.8 Å². The fraction of sp³-hybridized carbons (Fsp3) is 0.583. The molecule has 0 radical (unpaired) electrons. The molecule has 1 fully saturated rings. The van der Waals surface area contributed by atoms with Gasteiger partial charge in [0.25, 0.3) is 10.0 Å². The Morgan fingerprint density at radius 3 is 2.68 bits per heavy atom. The number of thiophene rings is 1. The molecule has 1 amide bonds. The normalized spacial score (nSPS) is 18.4. The SMILES string of the molecule is CCNC(=O)C1CCN(S(=O)(=O)c2cccs2)CC1. The van der Waals surface area contributed by atoms with Crippen LogP contribution in [0.2, 0.25) is 0 Å². The predicted molar refractivity (Wildman–Crippen MR) is 74.5 cm³/mol. The zero-order chi connectivity index (χ0) is 13.9. The first-order valence-corrected chi connectivity index (χ1v) is 8.69. The first-order valence-electron chi connectivity index (χ1n) is 6.37. The summed E-state index contributed by atoms with van der Waals surface area (Å²) in [5.41, 5.74) is 0. The number of amides is 1. The lowest BCUT2D eigenvalue weighted by molar-refractivity contribution is -0.126. The van der Waals surface area contributed by atoms with Gasteiger partial charge < -0.3 is 5.32 Å². The molecule has 1 aliphatic rings. The predicted octanol–water partition coefficient (Wildman–Crippen LogP) is 1.28. The van der Waals surface area contributed by atoms with Crippen molar-refractivity contribution >= 4 is 27.3 Å². The molecule has 0 saturated carbocycles. The van der Waals surface area contributed by atoms with E-state index in [1.807, 2.05) is 6.92 Å². The standard InChI is InChI=1S/C12H18N2O3S2/c1-2-13-12(15)10-5-7-14(8-6-10)19(16,17)11-4-3-9-18-11/h3-4,9-10H,2,5-8H2,1H3,(H,13,15). The summed E-state index contributed by atoms with van der Waals surface area (Å²) in [6.45, 7) is 3.34. The summed E-state index contributed by atoms with van der Waals surface area (Å²) in [5.74, 6) is -0.0228. The van der Waals surface area contributed by atoms with Crippen LogP contribution in [0.5, 0.6) is 0 Å². The van der Waals surface area contributed by atoms with Crippen LogP contribution in [0.25, 0.3) is 0 Å². The van der Waals surface area contributed by atoms with Crippen LogP contribution in [0.1, 0.15) is 19.8 Å². The van der Waals surface area contributed by atoms with E-state index < -0.39 is 10.0 Å². The number of rotatable bonds is 4. The van der Waals surface area contributed by atoms with E-state index in [4.69, 9.17) is 0 Å². The number of nitrogens with one attached hydrogen (secondary N) is 1. The van der Waals surface area contributed by atoms with Gasteiger partial charge in [0.15, 0.2) is 0 Å². The van der Waals surface area contributed by atoms with Crippen molar-refractivity contribution in [3.8, 4) is 0 Å². The summed E-state index contributed by atoms with van der Waals surface area (Å²) in [6.07, 6.45) is 1.19. The molecule has 1 aliphatic heterocycles. The molecule has 106 valence electrons. The second-order valence-corrected chi connectivity index (χ2v) is 7.62. The molecular weight excluding hydrogens is 284 g/mol. The van der Waals surface area contributed by atoms with Crippen LogP contribution in [0.15, 0.2) is 21.7 Å². The average molecular weight is 302 g/mol. The first-order chi connectivity index (χ1) is 9.05. The molecule has 1 aromatic rings. The van der Waals surface area contributed by atoms with Gasteiger partial charge in [-0.2, -0.15) is 4.31 Å². The minimum Gasteiger partial charge on any atom is -0.356 e. The topological polar surface area (TPSA) is 66.5 Å². The molecule has 0 bridgehead atoms. The smallest absolute Gasteiger partial charge is 0.252 e. The average Bonchev–Trinajstić information content (AvgIpc) is 2.94. The molecule has 5 nitrogen and oxygen atoms in total. The van der Waals surface area contributed by atoms with Gasteiger partial charge in [-0.15, -0.1) is 11.3 Å². The van der Waals surface area contributed by atoms with Crippen molar-refractivity contribution < 1.29 is 13.2 Å². The third-order valence-electron chi connectivity index (χ3n) is 3.26. The van der Waals surface area contributed by atoms with E-state index in [0.29, 0.717) is 36.7 Å². The Morgan fingerprint density at radius 1 is 1.47 bits per heavy atom. The van der Waals surface area contributed by atoms with Gasteiger partial charge in [-0.05, 0) is 31.2 Å². The van der Waals surface area contributed by atoms with Crippen molar-refractivity contribution in [3.63, 3.8) is 0 Å². The Morgan fingerprint density at radius 2 is 2.16 bits per heavy atom. The van der Waals surface area contributed by atoms with Crippen molar-refractivity contribution in [2.75, 3.05) is 19.6 Å². The van der Waals surface area contributed by atoms with Gasteiger partial charge in [0, 0.05) is 25.6 Å². The molecule has 1 saturated heterocycles. The van der Waals surface area contributed by atoms with Crippen molar-refractivity contribution in [3.05, 3.63) is 17.5 Å². The Hall–Kier alpha value is -0.920. The summed E-state index contributed by atoms with van der Waals surface area (Å²) >= 11 is 1.23. The molecule has 1 aromatic heterocycles. The number of carbonyl (C=O) groups excluding carboxylic acids is 1. The number of piperidine rings is 1. The fourth-order valence-electron chi connectivity index (χ4n) is 2.21. The van der Waals surface area contributed by atoms with Crippen molar-refractivity contribution in [2.24, 2.45) is 5.92 Å². The lowest BCUT2D eigenvalue weighted by atomic mass is 9.97. The van der Waals surface area contributed by atoms with E-state index in [0.717, 1.165) is 0 Å². The van der Waals surface area contributed by atoms with Crippen LogP contribution in [-0.2, 0) is 14.8 Å². The van der Waals surface area contributed by atoms with Crippen LogP contribution in [0.4, 0.5) is 0 Å². The molecule has 0 aliphatic carbocycles. The number of sulfonamides is 1. The molecule has 2 heterocycles. The largest absolute Gasteiger partial charge is 0.356 e. The number of nitrogens with zero attached hydrogens (tertiary/aromatic N) is 1. The molecule has 2 rings (SSSR count). The van der Waals surface area contributed by atoms with Gasteiger partial charge in [-0.1, -0.05) is 6.07 Å². The van der Waals surface area contributed by atoms with Crippen LogP contribution < -0.4 is 5.32 Å².